The molecule has 1 unspecified atom stereocenters. The Morgan fingerprint density at radius 2 is 2.06 bits per heavy atom. The van der Waals surface area contributed by atoms with Gasteiger partial charge in [0.1, 0.15) is 5.75 Å². The number of hydrogen-bond acceptors (Lipinski definition) is 3. The van der Waals surface area contributed by atoms with Crippen molar-refractivity contribution in [3.05, 3.63) is 39.9 Å². The number of halogens is 1. The van der Waals surface area contributed by atoms with E-state index in [2.05, 4.69) is 10.2 Å². The van der Waals surface area contributed by atoms with Crippen LogP contribution in [0.3, 0.4) is 0 Å². The van der Waals surface area contributed by atoms with Gasteiger partial charge in [0.2, 0.25) is 0 Å². The largest absolute Gasteiger partial charge is 0.483 e. The van der Waals surface area contributed by atoms with Gasteiger partial charge in [-0.15, -0.1) is 0 Å². The van der Waals surface area contributed by atoms with Crippen LogP contribution in [0.25, 0.3) is 0 Å². The van der Waals surface area contributed by atoms with E-state index in [-0.39, 0.29) is 6.10 Å². The Morgan fingerprint density at radius 1 is 1.41 bits per heavy atom. The Labute approximate surface area is 109 Å². The smallest absolute Gasteiger partial charge is 0.195 e. The minimum absolute atomic E-state index is 0.186. The summed E-state index contributed by atoms with van der Waals surface area (Å²) in [5, 5.41) is 7.53. The number of benzene rings is 1. The summed E-state index contributed by atoms with van der Waals surface area (Å²) in [6.07, 6.45) is -0.186. The van der Waals surface area contributed by atoms with Gasteiger partial charge in [-0.05, 0) is 43.4 Å². The lowest BCUT2D eigenvalue weighted by Gasteiger charge is -2.13. The molecule has 4 nitrogen and oxygen atoms in total. The monoisotopic (exact) mass is 269 g/mol. The number of ether oxygens (including phenoxy) is 1. The Hall–Kier alpha value is -1.33. The van der Waals surface area contributed by atoms with Gasteiger partial charge in [-0.25, -0.2) is 0 Å². The van der Waals surface area contributed by atoms with E-state index in [1.807, 2.05) is 26.1 Å². The summed E-state index contributed by atoms with van der Waals surface area (Å²) in [7, 11) is 1.85. The molecule has 1 N–H and O–H groups in total. The average Bonchev–Trinajstić information content (AvgIpc) is 2.63. The highest BCUT2D eigenvalue weighted by atomic mass is 35.5. The van der Waals surface area contributed by atoms with Crippen molar-refractivity contribution in [1.82, 2.24) is 14.8 Å². The van der Waals surface area contributed by atoms with E-state index in [9.17, 15) is 0 Å². The number of nitrogens with one attached hydrogen (secondary N) is 1. The van der Waals surface area contributed by atoms with Crippen LogP contribution in [0.5, 0.6) is 5.75 Å². The van der Waals surface area contributed by atoms with Crippen LogP contribution in [-0.4, -0.2) is 14.8 Å². The summed E-state index contributed by atoms with van der Waals surface area (Å²) in [5.41, 5.74) is 0. The fraction of sp³-hybridized carbons (Fsp3) is 0.273. The van der Waals surface area contributed by atoms with Gasteiger partial charge < -0.3 is 9.30 Å². The van der Waals surface area contributed by atoms with Crippen LogP contribution in [0.2, 0.25) is 5.02 Å². The fourth-order valence-electron chi connectivity index (χ4n) is 1.49. The molecule has 1 aromatic heterocycles. The number of hydrogen-bond donors (Lipinski definition) is 1. The van der Waals surface area contributed by atoms with E-state index in [4.69, 9.17) is 28.6 Å². The lowest BCUT2D eigenvalue weighted by Crippen LogP contribution is -2.09. The molecule has 0 saturated heterocycles. The summed E-state index contributed by atoms with van der Waals surface area (Å²) in [4.78, 5) is 0. The van der Waals surface area contributed by atoms with Crippen LogP contribution >= 0.6 is 23.8 Å². The molecule has 0 saturated carbocycles. The summed E-state index contributed by atoms with van der Waals surface area (Å²) >= 11 is 10.8. The quantitative estimate of drug-likeness (QED) is 0.870. The number of aromatic amines is 1. The Bertz CT molecular complexity index is 561. The van der Waals surface area contributed by atoms with Crippen LogP contribution in [0.15, 0.2) is 24.3 Å². The van der Waals surface area contributed by atoms with Crippen LogP contribution < -0.4 is 4.74 Å². The van der Waals surface area contributed by atoms with E-state index in [1.165, 1.54) is 0 Å². The summed E-state index contributed by atoms with van der Waals surface area (Å²) in [6, 6.07) is 7.21. The minimum atomic E-state index is -0.186. The highest BCUT2D eigenvalue weighted by molar-refractivity contribution is 7.71. The standard InChI is InChI=1S/C11H12ClN3OS/c1-7(10-13-14-11(17)15(10)2)16-9-5-3-8(12)4-6-9/h3-7H,1-2H3,(H,14,17). The molecule has 0 fully saturated rings. The van der Waals surface area contributed by atoms with Crippen LogP contribution in [0.1, 0.15) is 18.9 Å². The summed E-state index contributed by atoms with van der Waals surface area (Å²) < 4.78 is 8.10. The topological polar surface area (TPSA) is 42.8 Å². The van der Waals surface area contributed by atoms with Crippen molar-refractivity contribution in [3.63, 3.8) is 0 Å². The first kappa shape index (κ1) is 12.1. The van der Waals surface area contributed by atoms with Crippen molar-refractivity contribution in [2.75, 3.05) is 0 Å². The van der Waals surface area contributed by atoms with E-state index in [0.717, 1.165) is 11.6 Å². The first-order valence-corrected chi connectivity index (χ1v) is 5.90. The molecule has 0 spiro atoms. The number of H-pyrrole nitrogens is 1. The Morgan fingerprint density at radius 3 is 2.59 bits per heavy atom. The lowest BCUT2D eigenvalue weighted by atomic mass is 10.3. The first-order chi connectivity index (χ1) is 8.08. The molecule has 0 aliphatic carbocycles. The van der Waals surface area contributed by atoms with E-state index >= 15 is 0 Å². The maximum Gasteiger partial charge on any atom is 0.195 e. The van der Waals surface area contributed by atoms with Gasteiger partial charge in [0.05, 0.1) is 0 Å². The normalized spacial score (nSPS) is 12.4. The second-order valence-electron chi connectivity index (χ2n) is 3.66. The Kier molecular flexibility index (Phi) is 3.49. The predicted molar refractivity (Wildman–Crippen MR) is 68.9 cm³/mol. The molecule has 2 aromatic rings. The minimum Gasteiger partial charge on any atom is -0.483 e. The van der Waals surface area contributed by atoms with Crippen molar-refractivity contribution in [3.8, 4) is 5.75 Å². The zero-order valence-electron chi connectivity index (χ0n) is 9.48. The second-order valence-corrected chi connectivity index (χ2v) is 4.48. The summed E-state index contributed by atoms with van der Waals surface area (Å²) in [6.45, 7) is 1.92. The molecule has 1 heterocycles. The second kappa shape index (κ2) is 4.89. The number of rotatable bonds is 3. The van der Waals surface area contributed by atoms with Gasteiger partial charge in [-0.1, -0.05) is 11.6 Å². The molecule has 0 aliphatic rings. The molecule has 6 heteroatoms. The van der Waals surface area contributed by atoms with Crippen molar-refractivity contribution >= 4 is 23.8 Å². The van der Waals surface area contributed by atoms with Gasteiger partial charge in [0.15, 0.2) is 16.7 Å². The highest BCUT2D eigenvalue weighted by Crippen LogP contribution is 2.21. The molecular formula is C11H12ClN3OS. The molecule has 17 heavy (non-hydrogen) atoms. The van der Waals surface area contributed by atoms with Gasteiger partial charge in [0.25, 0.3) is 0 Å². The molecule has 0 aliphatic heterocycles. The van der Waals surface area contributed by atoms with E-state index < -0.39 is 0 Å². The maximum absolute atomic E-state index is 5.80. The third-order valence-electron chi connectivity index (χ3n) is 2.40. The molecule has 0 radical (unpaired) electrons. The van der Waals surface area contributed by atoms with Gasteiger partial charge in [0, 0.05) is 12.1 Å². The van der Waals surface area contributed by atoms with Gasteiger partial charge >= 0.3 is 0 Å². The van der Waals surface area contributed by atoms with Gasteiger partial charge in [-0.3, -0.25) is 5.10 Å². The van der Waals surface area contributed by atoms with Crippen molar-refractivity contribution in [1.29, 1.82) is 0 Å². The molecule has 0 amide bonds. The molecule has 1 atom stereocenters. The van der Waals surface area contributed by atoms with Crippen LogP contribution in [-0.2, 0) is 7.05 Å². The zero-order valence-corrected chi connectivity index (χ0v) is 11.0. The maximum atomic E-state index is 5.80. The van der Waals surface area contributed by atoms with Crippen molar-refractivity contribution in [2.24, 2.45) is 7.05 Å². The molecule has 90 valence electrons. The van der Waals surface area contributed by atoms with Crippen molar-refractivity contribution < 1.29 is 4.74 Å². The third kappa shape index (κ3) is 2.68. The van der Waals surface area contributed by atoms with Crippen molar-refractivity contribution in [2.45, 2.75) is 13.0 Å². The van der Waals surface area contributed by atoms with Crippen LogP contribution in [0, 0.1) is 4.77 Å². The zero-order chi connectivity index (χ0) is 12.4. The van der Waals surface area contributed by atoms with E-state index in [1.54, 1.807) is 16.7 Å². The first-order valence-electron chi connectivity index (χ1n) is 5.11. The fourth-order valence-corrected chi connectivity index (χ4v) is 1.76. The molecular weight excluding hydrogens is 258 g/mol. The molecule has 0 bridgehead atoms. The number of nitrogens with zero attached hydrogens (tertiary/aromatic N) is 2. The lowest BCUT2D eigenvalue weighted by molar-refractivity contribution is 0.212. The van der Waals surface area contributed by atoms with E-state index in [0.29, 0.717) is 9.79 Å². The number of aromatic nitrogens is 3. The average molecular weight is 270 g/mol. The van der Waals surface area contributed by atoms with Crippen LogP contribution in [0.4, 0.5) is 0 Å². The predicted octanol–water partition coefficient (Wildman–Crippen LogP) is 3.27. The molecule has 1 aromatic carbocycles. The van der Waals surface area contributed by atoms with Gasteiger partial charge in [-0.2, -0.15) is 5.10 Å². The Balaban J connectivity index is 2.17. The summed E-state index contributed by atoms with van der Waals surface area (Å²) in [5.74, 6) is 1.50. The molecule has 2 rings (SSSR count). The highest BCUT2D eigenvalue weighted by Gasteiger charge is 2.13. The SMILES string of the molecule is CC(Oc1ccc(Cl)cc1)c1n[nH]c(=S)n1C. The third-order valence-corrected chi connectivity index (χ3v) is 3.02.